The maximum atomic E-state index is 13.1. The van der Waals surface area contributed by atoms with Crippen LogP contribution in [0.2, 0.25) is 0 Å². The lowest BCUT2D eigenvalue weighted by Gasteiger charge is -2.21. The van der Waals surface area contributed by atoms with Gasteiger partial charge in [-0.05, 0) is 61.7 Å². The predicted octanol–water partition coefficient (Wildman–Crippen LogP) is 6.68. The first-order valence-corrected chi connectivity index (χ1v) is 13.2. The van der Waals surface area contributed by atoms with Crippen molar-refractivity contribution in [3.05, 3.63) is 96.3 Å². The topological polar surface area (TPSA) is 60.3 Å². The largest absolute Gasteiger partial charge is 0.483 e. The third-order valence-electron chi connectivity index (χ3n) is 5.91. The van der Waals surface area contributed by atoms with Gasteiger partial charge in [-0.25, -0.2) is 0 Å². The lowest BCUT2D eigenvalue weighted by molar-refractivity contribution is -0.116. The van der Waals surface area contributed by atoms with Gasteiger partial charge in [0, 0.05) is 17.9 Å². The van der Waals surface area contributed by atoms with Crippen LogP contribution in [0.15, 0.2) is 90.1 Å². The minimum Gasteiger partial charge on any atom is -0.483 e. The van der Waals surface area contributed by atoms with E-state index in [4.69, 9.17) is 4.74 Å². The van der Waals surface area contributed by atoms with E-state index in [1.54, 1.807) is 4.90 Å². The average molecular weight is 501 g/mol. The van der Waals surface area contributed by atoms with Crippen molar-refractivity contribution in [1.82, 2.24) is 14.8 Å². The number of thioether (sulfide) groups is 1. The van der Waals surface area contributed by atoms with E-state index in [2.05, 4.69) is 36.2 Å². The number of rotatable bonds is 10. The molecule has 186 valence electrons. The van der Waals surface area contributed by atoms with E-state index in [9.17, 15) is 4.79 Å². The molecule has 4 aromatic rings. The van der Waals surface area contributed by atoms with Crippen molar-refractivity contribution in [2.24, 2.45) is 0 Å². The number of ether oxygens (including phenoxy) is 1. The van der Waals surface area contributed by atoms with Gasteiger partial charge in [-0.2, -0.15) is 0 Å². The molecule has 0 aliphatic carbocycles. The van der Waals surface area contributed by atoms with Gasteiger partial charge in [-0.3, -0.25) is 9.36 Å². The third-order valence-corrected chi connectivity index (χ3v) is 6.82. The molecule has 0 saturated carbocycles. The lowest BCUT2D eigenvalue weighted by atomic mass is 10.0. The van der Waals surface area contributed by atoms with Gasteiger partial charge in [0.2, 0.25) is 5.91 Å². The fraction of sp³-hybridized carbons (Fsp3) is 0.276. The Morgan fingerprint density at radius 2 is 1.56 bits per heavy atom. The van der Waals surface area contributed by atoms with Crippen molar-refractivity contribution < 1.29 is 9.53 Å². The molecular formula is C29H32N4O2S. The van der Waals surface area contributed by atoms with E-state index in [0.29, 0.717) is 23.4 Å². The SMILES string of the molecule is CCN(C(=O)CSc1nnc(C(C)Oc2ccc(C(C)C)cc2)n1-c1ccccc1)c1ccccc1. The molecular weight excluding hydrogens is 468 g/mol. The van der Waals surface area contributed by atoms with E-state index in [1.165, 1.54) is 17.3 Å². The zero-order valence-corrected chi connectivity index (χ0v) is 22.0. The highest BCUT2D eigenvalue weighted by molar-refractivity contribution is 7.99. The fourth-order valence-electron chi connectivity index (χ4n) is 3.96. The van der Waals surface area contributed by atoms with Crippen LogP contribution in [0.3, 0.4) is 0 Å². The number of carbonyl (C=O) groups is 1. The van der Waals surface area contributed by atoms with Crippen LogP contribution in [0.25, 0.3) is 5.69 Å². The van der Waals surface area contributed by atoms with Crippen molar-refractivity contribution in [2.75, 3.05) is 17.2 Å². The number of benzene rings is 3. The number of aromatic nitrogens is 3. The van der Waals surface area contributed by atoms with Crippen LogP contribution in [-0.4, -0.2) is 33.0 Å². The molecule has 1 amide bonds. The second kappa shape index (κ2) is 11.9. The number of amides is 1. The molecule has 0 radical (unpaired) electrons. The zero-order valence-electron chi connectivity index (χ0n) is 21.2. The molecule has 4 rings (SSSR count). The molecule has 0 N–H and O–H groups in total. The molecule has 0 saturated heterocycles. The molecule has 0 fully saturated rings. The highest BCUT2D eigenvalue weighted by Gasteiger charge is 2.23. The number of anilines is 1. The van der Waals surface area contributed by atoms with Gasteiger partial charge in [-0.15, -0.1) is 10.2 Å². The Hall–Kier alpha value is -3.58. The minimum absolute atomic E-state index is 0.0207. The molecule has 3 aromatic carbocycles. The first kappa shape index (κ1) is 25.5. The number of carbonyl (C=O) groups excluding carboxylic acids is 1. The lowest BCUT2D eigenvalue weighted by Crippen LogP contribution is -2.32. The van der Waals surface area contributed by atoms with Crippen molar-refractivity contribution in [3.63, 3.8) is 0 Å². The molecule has 1 unspecified atom stereocenters. The molecule has 1 aromatic heterocycles. The summed E-state index contributed by atoms with van der Waals surface area (Å²) in [5, 5.41) is 9.58. The monoisotopic (exact) mass is 500 g/mol. The van der Waals surface area contributed by atoms with Crippen LogP contribution in [0.4, 0.5) is 5.69 Å². The van der Waals surface area contributed by atoms with Crippen LogP contribution in [-0.2, 0) is 4.79 Å². The quantitative estimate of drug-likeness (QED) is 0.227. The van der Waals surface area contributed by atoms with Gasteiger partial charge >= 0.3 is 0 Å². The van der Waals surface area contributed by atoms with E-state index >= 15 is 0 Å². The number of para-hydroxylation sites is 2. The molecule has 7 heteroatoms. The van der Waals surface area contributed by atoms with Gasteiger partial charge in [0.25, 0.3) is 0 Å². The van der Waals surface area contributed by atoms with E-state index in [1.807, 2.05) is 91.2 Å². The summed E-state index contributed by atoms with van der Waals surface area (Å²) in [5.41, 5.74) is 3.08. The molecule has 0 spiro atoms. The Bertz CT molecular complexity index is 1260. The van der Waals surface area contributed by atoms with Crippen LogP contribution in [0, 0.1) is 0 Å². The van der Waals surface area contributed by atoms with Crippen LogP contribution >= 0.6 is 11.8 Å². The summed E-state index contributed by atoms with van der Waals surface area (Å²) in [6.07, 6.45) is -0.343. The molecule has 1 heterocycles. The fourth-order valence-corrected chi connectivity index (χ4v) is 4.80. The first-order valence-electron chi connectivity index (χ1n) is 12.2. The molecule has 0 aliphatic heterocycles. The Morgan fingerprint density at radius 1 is 0.917 bits per heavy atom. The molecule has 6 nitrogen and oxygen atoms in total. The van der Waals surface area contributed by atoms with E-state index in [-0.39, 0.29) is 17.8 Å². The van der Waals surface area contributed by atoms with Crippen LogP contribution in [0.5, 0.6) is 5.75 Å². The maximum absolute atomic E-state index is 13.1. The van der Waals surface area contributed by atoms with Crippen molar-refractivity contribution in [1.29, 1.82) is 0 Å². The van der Waals surface area contributed by atoms with Gasteiger partial charge in [0.05, 0.1) is 5.75 Å². The summed E-state index contributed by atoms with van der Waals surface area (Å²) in [5.74, 6) is 2.19. The Labute approximate surface area is 217 Å². The zero-order chi connectivity index (χ0) is 25.5. The molecule has 0 aliphatic rings. The van der Waals surface area contributed by atoms with E-state index < -0.39 is 0 Å². The Kier molecular flexibility index (Phi) is 8.44. The molecule has 1 atom stereocenters. The van der Waals surface area contributed by atoms with Crippen LogP contribution in [0.1, 0.15) is 51.1 Å². The first-order chi connectivity index (χ1) is 17.5. The van der Waals surface area contributed by atoms with Crippen LogP contribution < -0.4 is 9.64 Å². The van der Waals surface area contributed by atoms with Gasteiger partial charge in [-0.1, -0.05) is 74.1 Å². The highest BCUT2D eigenvalue weighted by Crippen LogP contribution is 2.29. The summed E-state index contributed by atoms with van der Waals surface area (Å²) in [6, 6.07) is 27.8. The number of hydrogen-bond acceptors (Lipinski definition) is 5. The minimum atomic E-state index is -0.343. The van der Waals surface area contributed by atoms with Crippen molar-refractivity contribution in [2.45, 2.75) is 44.9 Å². The van der Waals surface area contributed by atoms with Crippen molar-refractivity contribution >= 4 is 23.4 Å². The standard InChI is InChI=1S/C29H32N4O2S/c1-5-32(24-12-8-6-9-13-24)27(34)20-36-29-31-30-28(33(29)25-14-10-7-11-15-25)22(4)35-26-18-16-23(17-19-26)21(2)3/h6-19,21-22H,5,20H2,1-4H3. The van der Waals surface area contributed by atoms with Crippen molar-refractivity contribution in [3.8, 4) is 11.4 Å². The predicted molar refractivity (Wildman–Crippen MR) is 146 cm³/mol. The summed E-state index contributed by atoms with van der Waals surface area (Å²) >= 11 is 1.38. The Balaban J connectivity index is 1.56. The Morgan fingerprint density at radius 3 is 2.17 bits per heavy atom. The number of hydrogen-bond donors (Lipinski definition) is 0. The summed E-state index contributed by atoms with van der Waals surface area (Å²) in [6.45, 7) is 8.88. The van der Waals surface area contributed by atoms with Gasteiger partial charge < -0.3 is 9.64 Å². The maximum Gasteiger partial charge on any atom is 0.237 e. The summed E-state index contributed by atoms with van der Waals surface area (Å²) in [4.78, 5) is 14.9. The highest BCUT2D eigenvalue weighted by atomic mass is 32.2. The number of nitrogens with zero attached hydrogens (tertiary/aromatic N) is 4. The third kappa shape index (κ3) is 5.97. The molecule has 0 bridgehead atoms. The smallest absolute Gasteiger partial charge is 0.237 e. The van der Waals surface area contributed by atoms with Gasteiger partial charge in [0.1, 0.15) is 5.75 Å². The second-order valence-electron chi connectivity index (χ2n) is 8.76. The molecule has 36 heavy (non-hydrogen) atoms. The van der Waals surface area contributed by atoms with Gasteiger partial charge in [0.15, 0.2) is 17.1 Å². The van der Waals surface area contributed by atoms with E-state index in [0.717, 1.165) is 17.1 Å². The normalized spacial score (nSPS) is 11.9. The summed E-state index contributed by atoms with van der Waals surface area (Å²) < 4.78 is 8.22. The average Bonchev–Trinajstić information content (AvgIpc) is 3.33. The second-order valence-corrected chi connectivity index (χ2v) is 9.70. The summed E-state index contributed by atoms with van der Waals surface area (Å²) in [7, 11) is 0.